The first kappa shape index (κ1) is 13.4. The number of thioether (sulfide) groups is 1. The zero-order valence-corrected chi connectivity index (χ0v) is 12.1. The molecule has 0 bridgehead atoms. The van der Waals surface area contributed by atoms with Gasteiger partial charge >= 0.3 is 5.97 Å². The number of ether oxygens (including phenoxy) is 1. The summed E-state index contributed by atoms with van der Waals surface area (Å²) in [6.45, 7) is 1.91. The Hall–Kier alpha value is -1.00. The van der Waals surface area contributed by atoms with Gasteiger partial charge in [0, 0.05) is 21.1 Å². The molecule has 0 saturated heterocycles. The average molecular weight is 280 g/mol. The van der Waals surface area contributed by atoms with Crippen LogP contribution in [0.15, 0.2) is 30.3 Å². The summed E-state index contributed by atoms with van der Waals surface area (Å²) in [5, 5.41) is 1.30. The van der Waals surface area contributed by atoms with E-state index in [1.54, 1.807) is 11.8 Å². The van der Waals surface area contributed by atoms with E-state index in [9.17, 15) is 4.79 Å². The molecule has 0 fully saturated rings. The summed E-state index contributed by atoms with van der Waals surface area (Å²) in [7, 11) is 1.44. The Morgan fingerprint density at radius 2 is 2.22 bits per heavy atom. The van der Waals surface area contributed by atoms with Crippen molar-refractivity contribution in [3.8, 4) is 0 Å². The zero-order chi connectivity index (χ0) is 13.0. The Kier molecular flexibility index (Phi) is 4.66. The lowest BCUT2D eigenvalue weighted by atomic mass is 10.2. The topological polar surface area (TPSA) is 26.3 Å². The molecule has 0 aliphatic carbocycles. The standard InChI is InChI=1S/C14H16O2S2/c1-10(14(15)16-2)8-17-9-12-7-11-5-3-4-6-13(11)18-12/h3-7,10H,8-9H2,1-2H3. The van der Waals surface area contributed by atoms with Crippen molar-refractivity contribution in [1.82, 2.24) is 0 Å². The maximum Gasteiger partial charge on any atom is 0.309 e. The summed E-state index contributed by atoms with van der Waals surface area (Å²) in [5.74, 6) is 1.61. The van der Waals surface area contributed by atoms with Crippen molar-refractivity contribution >= 4 is 39.2 Å². The molecule has 2 rings (SSSR count). The van der Waals surface area contributed by atoms with Crippen LogP contribution in [0.25, 0.3) is 10.1 Å². The quantitative estimate of drug-likeness (QED) is 0.776. The van der Waals surface area contributed by atoms with Crippen LogP contribution in [0.4, 0.5) is 0 Å². The zero-order valence-electron chi connectivity index (χ0n) is 10.5. The molecule has 0 saturated carbocycles. The van der Waals surface area contributed by atoms with E-state index in [1.165, 1.54) is 22.1 Å². The normalized spacial score (nSPS) is 12.6. The van der Waals surface area contributed by atoms with Crippen molar-refractivity contribution in [2.75, 3.05) is 12.9 Å². The van der Waals surface area contributed by atoms with E-state index >= 15 is 0 Å². The van der Waals surface area contributed by atoms with Gasteiger partial charge in [-0.1, -0.05) is 25.1 Å². The van der Waals surface area contributed by atoms with Crippen molar-refractivity contribution in [3.63, 3.8) is 0 Å². The average Bonchev–Trinajstić information content (AvgIpc) is 2.80. The lowest BCUT2D eigenvalue weighted by Gasteiger charge is -2.07. The van der Waals surface area contributed by atoms with E-state index in [0.29, 0.717) is 0 Å². The van der Waals surface area contributed by atoms with Crippen LogP contribution in [0.2, 0.25) is 0 Å². The molecule has 0 aliphatic rings. The van der Waals surface area contributed by atoms with E-state index in [-0.39, 0.29) is 11.9 Å². The SMILES string of the molecule is COC(=O)C(C)CSCc1cc2ccccc2s1. The van der Waals surface area contributed by atoms with Crippen molar-refractivity contribution in [3.05, 3.63) is 35.2 Å². The van der Waals surface area contributed by atoms with Crippen LogP contribution < -0.4 is 0 Å². The van der Waals surface area contributed by atoms with Gasteiger partial charge in [0.05, 0.1) is 13.0 Å². The molecule has 0 radical (unpaired) electrons. The highest BCUT2D eigenvalue weighted by Crippen LogP contribution is 2.28. The molecule has 0 amide bonds. The number of rotatable bonds is 5. The lowest BCUT2D eigenvalue weighted by Crippen LogP contribution is -2.14. The summed E-state index contributed by atoms with van der Waals surface area (Å²) in [4.78, 5) is 12.6. The molecule has 1 heterocycles. The number of hydrogen-bond donors (Lipinski definition) is 0. The summed E-state index contributed by atoms with van der Waals surface area (Å²) < 4.78 is 6.04. The van der Waals surface area contributed by atoms with Gasteiger partial charge in [-0.3, -0.25) is 4.79 Å². The number of fused-ring (bicyclic) bond motifs is 1. The van der Waals surface area contributed by atoms with Gasteiger partial charge in [-0.05, 0) is 17.5 Å². The Balaban J connectivity index is 1.88. The second-order valence-electron chi connectivity index (χ2n) is 4.19. The minimum Gasteiger partial charge on any atom is -0.469 e. The molecular formula is C14H16O2S2. The Morgan fingerprint density at radius 3 is 2.94 bits per heavy atom. The van der Waals surface area contributed by atoms with Gasteiger partial charge < -0.3 is 4.74 Å². The molecule has 2 nitrogen and oxygen atoms in total. The lowest BCUT2D eigenvalue weighted by molar-refractivity contribution is -0.143. The first-order valence-electron chi connectivity index (χ1n) is 5.83. The molecule has 18 heavy (non-hydrogen) atoms. The minimum absolute atomic E-state index is 0.0330. The predicted molar refractivity (Wildman–Crippen MR) is 79.2 cm³/mol. The highest BCUT2D eigenvalue weighted by atomic mass is 32.2. The molecule has 1 atom stereocenters. The predicted octanol–water partition coefficient (Wildman–Crippen LogP) is 3.94. The molecule has 0 spiro atoms. The minimum atomic E-state index is -0.126. The van der Waals surface area contributed by atoms with Crippen LogP contribution in [0, 0.1) is 5.92 Å². The van der Waals surface area contributed by atoms with E-state index in [2.05, 4.69) is 30.3 Å². The third-order valence-corrected chi connectivity index (χ3v) is 5.24. The molecule has 0 N–H and O–H groups in total. The number of methoxy groups -OCH3 is 1. The molecular weight excluding hydrogens is 264 g/mol. The van der Waals surface area contributed by atoms with Crippen molar-refractivity contribution in [2.45, 2.75) is 12.7 Å². The molecule has 4 heteroatoms. The third kappa shape index (κ3) is 3.27. The third-order valence-electron chi connectivity index (χ3n) is 2.69. The van der Waals surface area contributed by atoms with Crippen LogP contribution in [-0.4, -0.2) is 18.8 Å². The Morgan fingerprint density at radius 1 is 1.44 bits per heavy atom. The second-order valence-corrected chi connectivity index (χ2v) is 6.39. The van der Waals surface area contributed by atoms with Crippen LogP contribution in [0.5, 0.6) is 0 Å². The maximum absolute atomic E-state index is 11.3. The maximum atomic E-state index is 11.3. The molecule has 96 valence electrons. The number of thiophene rings is 1. The van der Waals surface area contributed by atoms with Crippen LogP contribution in [0.1, 0.15) is 11.8 Å². The van der Waals surface area contributed by atoms with E-state index in [1.807, 2.05) is 18.3 Å². The van der Waals surface area contributed by atoms with Crippen molar-refractivity contribution in [2.24, 2.45) is 5.92 Å². The van der Waals surface area contributed by atoms with Gasteiger partial charge in [0.25, 0.3) is 0 Å². The fourth-order valence-electron chi connectivity index (χ4n) is 1.71. The second kappa shape index (κ2) is 6.25. The molecule has 1 aromatic heterocycles. The van der Waals surface area contributed by atoms with Gasteiger partial charge in [-0.2, -0.15) is 11.8 Å². The monoisotopic (exact) mass is 280 g/mol. The molecule has 1 unspecified atom stereocenters. The summed E-state index contributed by atoms with van der Waals surface area (Å²) >= 11 is 3.61. The summed E-state index contributed by atoms with van der Waals surface area (Å²) in [5.41, 5.74) is 0. The van der Waals surface area contributed by atoms with Gasteiger partial charge in [0.15, 0.2) is 0 Å². The first-order chi connectivity index (χ1) is 8.70. The number of esters is 1. The summed E-state index contributed by atoms with van der Waals surface area (Å²) in [6.07, 6.45) is 0. The fourth-order valence-corrected chi connectivity index (χ4v) is 3.95. The Labute approximate surface area is 115 Å². The number of carbonyl (C=O) groups excluding carboxylic acids is 1. The molecule has 2 aromatic rings. The van der Waals surface area contributed by atoms with Gasteiger partial charge in [-0.15, -0.1) is 11.3 Å². The summed E-state index contributed by atoms with van der Waals surface area (Å²) in [6, 6.07) is 10.6. The van der Waals surface area contributed by atoms with E-state index in [4.69, 9.17) is 4.74 Å². The highest BCUT2D eigenvalue weighted by molar-refractivity contribution is 7.98. The highest BCUT2D eigenvalue weighted by Gasteiger charge is 2.12. The first-order valence-corrected chi connectivity index (χ1v) is 7.81. The smallest absolute Gasteiger partial charge is 0.309 e. The van der Waals surface area contributed by atoms with E-state index < -0.39 is 0 Å². The van der Waals surface area contributed by atoms with E-state index in [0.717, 1.165) is 11.5 Å². The van der Waals surface area contributed by atoms with Gasteiger partial charge in [0.1, 0.15) is 0 Å². The van der Waals surface area contributed by atoms with Crippen molar-refractivity contribution < 1.29 is 9.53 Å². The van der Waals surface area contributed by atoms with Crippen LogP contribution in [0.3, 0.4) is 0 Å². The largest absolute Gasteiger partial charge is 0.469 e. The number of carbonyl (C=O) groups is 1. The number of hydrogen-bond acceptors (Lipinski definition) is 4. The van der Waals surface area contributed by atoms with Gasteiger partial charge in [-0.25, -0.2) is 0 Å². The van der Waals surface area contributed by atoms with Crippen LogP contribution in [-0.2, 0) is 15.3 Å². The molecule has 0 aliphatic heterocycles. The molecule has 1 aromatic carbocycles. The Bertz CT molecular complexity index is 500. The fraction of sp³-hybridized carbons (Fsp3) is 0.357. The van der Waals surface area contributed by atoms with Gasteiger partial charge in [0.2, 0.25) is 0 Å². The number of benzene rings is 1. The van der Waals surface area contributed by atoms with Crippen molar-refractivity contribution in [1.29, 1.82) is 0 Å². The van der Waals surface area contributed by atoms with Crippen LogP contribution >= 0.6 is 23.1 Å².